The van der Waals surface area contributed by atoms with Crippen LogP contribution in [0.15, 0.2) is 259 Å². The monoisotopic (exact) mass is 1180 g/mol. The molecule has 0 heterocycles. The lowest BCUT2D eigenvalue weighted by molar-refractivity contribution is -0.126. The van der Waals surface area contributed by atoms with E-state index in [2.05, 4.69) is 176 Å². The Morgan fingerprint density at radius 2 is 0.529 bits per heavy atom. The SMILES string of the molecule is CC1=C(/C=C/C(C)=C/C=C/C(C)=C/C=C/C=C(C)/C=C/C=C(C)/C=C/C2=C(C)C(=O)C(O)CC2(C)C)C(C)(C)CC(O)C1.CC1=C(/C=C/C(C)=C/C=C/C(C)=C/C=C/C=C(C)/C=C/C=C(C)/C=C/C2=C(C)C(=O)C(O)CC2(C)C)C(C)(C)CC(O)C1=O. The van der Waals surface area contributed by atoms with Crippen LogP contribution in [-0.2, 0) is 14.4 Å². The first-order valence-electron chi connectivity index (χ1n) is 30.8. The van der Waals surface area contributed by atoms with E-state index in [9.17, 15) is 34.8 Å². The number of carbonyl (C=O) groups is 3. The highest BCUT2D eigenvalue weighted by atomic mass is 16.3. The van der Waals surface area contributed by atoms with Crippen LogP contribution in [-0.4, -0.2) is 62.2 Å². The summed E-state index contributed by atoms with van der Waals surface area (Å²) >= 11 is 0. The Kier molecular flexibility index (Phi) is 29.1. The maximum absolute atomic E-state index is 12.2. The minimum absolute atomic E-state index is 0.00483. The average molecular weight is 1180 g/mol. The van der Waals surface area contributed by atoms with Crippen LogP contribution in [0.1, 0.15) is 171 Å². The molecule has 0 bridgehead atoms. The lowest BCUT2D eigenvalue weighted by Crippen LogP contribution is -2.35. The Morgan fingerprint density at radius 3 is 0.770 bits per heavy atom. The second kappa shape index (κ2) is 34.0. The number of carbonyl (C=O) groups excluding carboxylic acids is 3. The molecule has 7 heteroatoms. The van der Waals surface area contributed by atoms with Crippen molar-refractivity contribution in [3.05, 3.63) is 259 Å². The van der Waals surface area contributed by atoms with Crippen molar-refractivity contribution >= 4 is 17.3 Å². The maximum atomic E-state index is 12.2. The number of hydrogen-bond donors (Lipinski definition) is 4. The molecule has 0 aromatic heterocycles. The third-order valence-corrected chi connectivity index (χ3v) is 16.6. The van der Waals surface area contributed by atoms with Crippen molar-refractivity contribution < 1.29 is 34.8 Å². The van der Waals surface area contributed by atoms with Gasteiger partial charge < -0.3 is 20.4 Å². The number of hydrogen-bond acceptors (Lipinski definition) is 7. The van der Waals surface area contributed by atoms with Gasteiger partial charge in [-0.25, -0.2) is 0 Å². The van der Waals surface area contributed by atoms with Gasteiger partial charge >= 0.3 is 0 Å². The van der Waals surface area contributed by atoms with E-state index in [-0.39, 0.29) is 45.1 Å². The van der Waals surface area contributed by atoms with Crippen LogP contribution in [0, 0.1) is 21.7 Å². The summed E-state index contributed by atoms with van der Waals surface area (Å²) in [5, 5.41) is 40.2. The maximum Gasteiger partial charge on any atom is 0.187 e. The Balaban J connectivity index is 0.000000455. The quantitative estimate of drug-likeness (QED) is 0.0893. The van der Waals surface area contributed by atoms with Gasteiger partial charge in [-0.1, -0.05) is 276 Å². The van der Waals surface area contributed by atoms with Gasteiger partial charge in [0.05, 0.1) is 6.10 Å². The van der Waals surface area contributed by atoms with E-state index in [1.165, 1.54) is 22.3 Å². The molecule has 4 aliphatic rings. The minimum atomic E-state index is -0.907. The normalized spacial score (nSPS) is 24.7. The van der Waals surface area contributed by atoms with Gasteiger partial charge in [-0.15, -0.1) is 0 Å². The fourth-order valence-electron chi connectivity index (χ4n) is 11.5. The molecular formula is C80H106O7. The predicted molar refractivity (Wildman–Crippen MR) is 370 cm³/mol. The zero-order valence-electron chi connectivity index (χ0n) is 56.5. The summed E-state index contributed by atoms with van der Waals surface area (Å²) < 4.78 is 0. The summed E-state index contributed by atoms with van der Waals surface area (Å²) in [6.07, 6.45) is 57.5. The van der Waals surface area contributed by atoms with E-state index in [4.69, 9.17) is 0 Å². The van der Waals surface area contributed by atoms with E-state index >= 15 is 0 Å². The summed E-state index contributed by atoms with van der Waals surface area (Å²) in [5.41, 5.74) is 15.8. The molecule has 4 unspecified atom stereocenters. The van der Waals surface area contributed by atoms with Gasteiger partial charge in [0.2, 0.25) is 0 Å². The van der Waals surface area contributed by atoms with Gasteiger partial charge in [0.1, 0.15) is 18.3 Å². The summed E-state index contributed by atoms with van der Waals surface area (Å²) in [6.45, 7) is 40.8. The molecule has 0 fully saturated rings. The molecule has 4 N–H and O–H groups in total. The number of aliphatic hydroxyl groups is 4. The zero-order chi connectivity index (χ0) is 65.6. The molecule has 0 saturated heterocycles. The lowest BCUT2D eigenvalue weighted by atomic mass is 9.71. The smallest absolute Gasteiger partial charge is 0.187 e. The summed E-state index contributed by atoms with van der Waals surface area (Å²) in [6, 6.07) is 0. The average Bonchev–Trinajstić information content (AvgIpc) is 3.11. The number of allylic oxidation sites excluding steroid dienone is 40. The van der Waals surface area contributed by atoms with Crippen molar-refractivity contribution in [2.24, 2.45) is 21.7 Å². The fraction of sp³-hybridized carbons (Fsp3) is 0.412. The van der Waals surface area contributed by atoms with Gasteiger partial charge in [0.25, 0.3) is 0 Å². The van der Waals surface area contributed by atoms with E-state index in [1.54, 1.807) is 13.8 Å². The number of Topliss-reactive ketones (excluding diaryl/α,β-unsaturated/α-hetero) is 3. The van der Waals surface area contributed by atoms with Crippen molar-refractivity contribution in [1.29, 1.82) is 0 Å². The molecule has 0 saturated carbocycles. The van der Waals surface area contributed by atoms with Gasteiger partial charge in [-0.2, -0.15) is 0 Å². The number of aliphatic hydroxyl groups excluding tert-OH is 4. The van der Waals surface area contributed by atoms with E-state index in [1.807, 2.05) is 119 Å². The van der Waals surface area contributed by atoms with Crippen molar-refractivity contribution in [2.45, 2.75) is 195 Å². The van der Waals surface area contributed by atoms with E-state index < -0.39 is 18.3 Å². The van der Waals surface area contributed by atoms with Crippen LogP contribution in [0.2, 0.25) is 0 Å². The highest BCUT2D eigenvalue weighted by Gasteiger charge is 2.39. The van der Waals surface area contributed by atoms with Crippen LogP contribution < -0.4 is 0 Å². The van der Waals surface area contributed by atoms with Gasteiger partial charge in [0.15, 0.2) is 17.3 Å². The minimum Gasteiger partial charge on any atom is -0.393 e. The first-order chi connectivity index (χ1) is 40.5. The first kappa shape index (κ1) is 74.4. The predicted octanol–water partition coefficient (Wildman–Crippen LogP) is 18.6. The van der Waals surface area contributed by atoms with Crippen LogP contribution in [0.3, 0.4) is 0 Å². The Hall–Kier alpha value is -6.87. The third kappa shape index (κ3) is 24.3. The molecule has 0 spiro atoms. The molecular weight excluding hydrogens is 1070 g/mol. The third-order valence-electron chi connectivity index (χ3n) is 16.6. The molecule has 0 amide bonds. The number of ketones is 3. The second-order valence-corrected chi connectivity index (χ2v) is 27.0. The highest BCUT2D eigenvalue weighted by Crippen LogP contribution is 2.43. The highest BCUT2D eigenvalue weighted by molar-refractivity contribution is 6.01. The standard InChI is InChI=1S/C40H52O4.C40H54O3/c1-27(17-13-19-29(3)21-23-33-31(5)37(43)35(41)25-39(33,7)8)15-11-12-16-28(2)18-14-20-30(4)22-24-34-32(6)38(44)36(42)26-40(34,9)10;1-28(17-13-19-30(3)21-23-35-32(5)25-34(41)26-39(35,7)8)15-11-12-16-29(2)18-14-20-31(4)22-24-36-33(6)38(43)37(42)27-40(36,9)10/h11-24,35-36,41-42H,25-26H2,1-10H3;11-24,34,37,41-42H,25-27H2,1-10H3/b12-11+,17-13+,18-14+,23-21+,24-22+,27-15+,28-16+,29-19+,30-20+;12-11+,17-13+,18-14+,23-21+,24-22+,28-15+,29-16+,30-19+,31-20+. The van der Waals surface area contributed by atoms with Gasteiger partial charge in [-0.3, -0.25) is 14.4 Å². The topological polar surface area (TPSA) is 132 Å². The molecule has 87 heavy (non-hydrogen) atoms. The largest absolute Gasteiger partial charge is 0.393 e. The van der Waals surface area contributed by atoms with Crippen LogP contribution in [0.5, 0.6) is 0 Å². The van der Waals surface area contributed by atoms with Crippen LogP contribution in [0.25, 0.3) is 0 Å². The molecule has 468 valence electrons. The Bertz CT molecular complexity index is 3150. The molecule has 4 rings (SSSR count). The fourth-order valence-corrected chi connectivity index (χ4v) is 11.5. The van der Waals surface area contributed by atoms with Crippen molar-refractivity contribution in [3.63, 3.8) is 0 Å². The van der Waals surface area contributed by atoms with Crippen molar-refractivity contribution in [2.75, 3.05) is 0 Å². The zero-order valence-corrected chi connectivity index (χ0v) is 56.5. The van der Waals surface area contributed by atoms with Crippen LogP contribution in [0.4, 0.5) is 0 Å². The molecule has 0 aromatic rings. The first-order valence-corrected chi connectivity index (χ1v) is 30.8. The van der Waals surface area contributed by atoms with Gasteiger partial charge in [-0.05, 0) is 176 Å². The molecule has 4 aliphatic carbocycles. The molecule has 7 nitrogen and oxygen atoms in total. The molecule has 4 atom stereocenters. The van der Waals surface area contributed by atoms with Gasteiger partial charge in [0, 0.05) is 0 Å². The molecule has 0 aromatic carbocycles. The van der Waals surface area contributed by atoms with E-state index in [0.717, 1.165) is 63.0 Å². The number of rotatable bonds is 20. The summed E-state index contributed by atoms with van der Waals surface area (Å²) in [5.74, 6) is -0.516. The second-order valence-electron chi connectivity index (χ2n) is 27.0. The van der Waals surface area contributed by atoms with Crippen molar-refractivity contribution in [3.8, 4) is 0 Å². The molecule has 0 aliphatic heterocycles. The molecule has 0 radical (unpaired) electrons. The Labute approximate surface area is 525 Å². The van der Waals surface area contributed by atoms with E-state index in [0.29, 0.717) is 36.0 Å². The summed E-state index contributed by atoms with van der Waals surface area (Å²) in [7, 11) is 0. The summed E-state index contributed by atoms with van der Waals surface area (Å²) in [4.78, 5) is 36.7. The Morgan fingerprint density at radius 1 is 0.322 bits per heavy atom. The lowest BCUT2D eigenvalue weighted by Gasteiger charge is -2.35. The van der Waals surface area contributed by atoms with Crippen molar-refractivity contribution in [1.82, 2.24) is 0 Å². The van der Waals surface area contributed by atoms with Crippen LogP contribution >= 0.6 is 0 Å².